The number of benzene rings is 2. The Labute approximate surface area is 163 Å². The van der Waals surface area contributed by atoms with Crippen LogP contribution in [0, 0.1) is 0 Å². The number of nitrogens with zero attached hydrogens (tertiary/aromatic N) is 3. The highest BCUT2D eigenvalue weighted by atomic mass is 16.2. The van der Waals surface area contributed by atoms with Crippen molar-refractivity contribution in [1.29, 1.82) is 0 Å². The van der Waals surface area contributed by atoms with Crippen LogP contribution in [0.1, 0.15) is 25.7 Å². The van der Waals surface area contributed by atoms with E-state index in [1.54, 1.807) is 6.07 Å². The van der Waals surface area contributed by atoms with E-state index in [1.165, 1.54) is 30.2 Å². The Kier molecular flexibility index (Phi) is 5.37. The normalized spacial score (nSPS) is 14.2. The largest absolute Gasteiger partial charge is 0.370 e. The summed E-state index contributed by atoms with van der Waals surface area (Å²) in [4.78, 5) is 31.7. The molecule has 4 rings (SSSR count). The summed E-state index contributed by atoms with van der Waals surface area (Å²) in [6, 6.07) is 15.2. The molecule has 0 spiro atoms. The van der Waals surface area contributed by atoms with Crippen molar-refractivity contribution in [3.63, 3.8) is 0 Å². The first kappa shape index (κ1) is 18.2. The third-order valence-corrected chi connectivity index (χ3v) is 5.19. The summed E-state index contributed by atoms with van der Waals surface area (Å²) >= 11 is 0. The van der Waals surface area contributed by atoms with E-state index in [2.05, 4.69) is 21.3 Å². The van der Waals surface area contributed by atoms with Crippen LogP contribution in [0.25, 0.3) is 10.9 Å². The lowest BCUT2D eigenvalue weighted by atomic mass is 10.1. The van der Waals surface area contributed by atoms with Crippen LogP contribution in [0.3, 0.4) is 0 Å². The summed E-state index contributed by atoms with van der Waals surface area (Å²) in [5, 5.41) is 3.59. The molecule has 0 atom stereocenters. The van der Waals surface area contributed by atoms with Crippen molar-refractivity contribution in [1.82, 2.24) is 9.55 Å². The number of carbonyl (C=O) groups excluding carboxylic acids is 1. The number of nitrogens with one attached hydrogen (secondary N) is 1. The second kappa shape index (κ2) is 8.25. The van der Waals surface area contributed by atoms with Crippen molar-refractivity contribution in [3.8, 4) is 0 Å². The minimum Gasteiger partial charge on any atom is -0.370 e. The molecule has 6 nitrogen and oxygen atoms in total. The van der Waals surface area contributed by atoms with Crippen molar-refractivity contribution in [3.05, 3.63) is 65.2 Å². The van der Waals surface area contributed by atoms with Crippen LogP contribution >= 0.6 is 0 Å². The van der Waals surface area contributed by atoms with E-state index in [9.17, 15) is 9.59 Å². The summed E-state index contributed by atoms with van der Waals surface area (Å²) in [7, 11) is 0. The maximum absolute atomic E-state index is 12.5. The van der Waals surface area contributed by atoms with Crippen LogP contribution in [0.5, 0.6) is 0 Å². The third kappa shape index (κ3) is 3.91. The molecular formula is C22H24N4O2. The van der Waals surface area contributed by atoms with Crippen LogP contribution in [-0.4, -0.2) is 28.5 Å². The Morgan fingerprint density at radius 2 is 1.75 bits per heavy atom. The van der Waals surface area contributed by atoms with Gasteiger partial charge < -0.3 is 10.2 Å². The van der Waals surface area contributed by atoms with Crippen LogP contribution in [0.4, 0.5) is 11.4 Å². The number of rotatable bonds is 5. The van der Waals surface area contributed by atoms with Gasteiger partial charge in [-0.3, -0.25) is 14.2 Å². The van der Waals surface area contributed by atoms with Gasteiger partial charge in [0.1, 0.15) is 0 Å². The van der Waals surface area contributed by atoms with E-state index < -0.39 is 0 Å². The SMILES string of the molecule is O=C(CCn1cnc2ccccc2c1=O)Nc1ccccc1N1CCCCC1. The van der Waals surface area contributed by atoms with Gasteiger partial charge in [0.2, 0.25) is 5.91 Å². The molecule has 0 unspecified atom stereocenters. The summed E-state index contributed by atoms with van der Waals surface area (Å²) in [5.74, 6) is -0.107. The smallest absolute Gasteiger partial charge is 0.261 e. The zero-order valence-electron chi connectivity index (χ0n) is 15.8. The molecule has 1 N–H and O–H groups in total. The van der Waals surface area contributed by atoms with Gasteiger partial charge in [0.05, 0.1) is 28.6 Å². The number of aromatic nitrogens is 2. The topological polar surface area (TPSA) is 67.2 Å². The average Bonchev–Trinajstić information content (AvgIpc) is 2.74. The highest BCUT2D eigenvalue weighted by Gasteiger charge is 2.15. The van der Waals surface area contributed by atoms with Crippen LogP contribution in [0.2, 0.25) is 0 Å². The van der Waals surface area contributed by atoms with E-state index in [0.29, 0.717) is 17.4 Å². The van der Waals surface area contributed by atoms with Crippen LogP contribution in [0.15, 0.2) is 59.7 Å². The Hall–Kier alpha value is -3.15. The molecule has 1 fully saturated rings. The van der Waals surface area contributed by atoms with Crippen LogP contribution < -0.4 is 15.8 Å². The van der Waals surface area contributed by atoms with Gasteiger partial charge in [-0.1, -0.05) is 24.3 Å². The minimum atomic E-state index is -0.118. The zero-order chi connectivity index (χ0) is 19.3. The van der Waals surface area contributed by atoms with Gasteiger partial charge in [0.15, 0.2) is 0 Å². The number of carbonyl (C=O) groups is 1. The molecule has 144 valence electrons. The molecule has 1 aliphatic rings. The fourth-order valence-corrected chi connectivity index (χ4v) is 3.69. The average molecular weight is 376 g/mol. The van der Waals surface area contributed by atoms with Crippen molar-refractivity contribution in [2.45, 2.75) is 32.2 Å². The lowest BCUT2D eigenvalue weighted by molar-refractivity contribution is -0.116. The lowest BCUT2D eigenvalue weighted by Gasteiger charge is -2.30. The Bertz CT molecular complexity index is 1040. The Morgan fingerprint density at radius 1 is 1.00 bits per heavy atom. The number of anilines is 2. The molecule has 1 aliphatic heterocycles. The first-order valence-electron chi connectivity index (χ1n) is 9.80. The zero-order valence-corrected chi connectivity index (χ0v) is 15.8. The van der Waals surface area contributed by atoms with Gasteiger partial charge in [0.25, 0.3) is 5.56 Å². The second-order valence-electron chi connectivity index (χ2n) is 7.12. The van der Waals surface area contributed by atoms with Gasteiger partial charge in [0, 0.05) is 26.1 Å². The van der Waals surface area contributed by atoms with Crippen molar-refractivity contribution in [2.24, 2.45) is 0 Å². The first-order valence-corrected chi connectivity index (χ1v) is 9.80. The van der Waals surface area contributed by atoms with Crippen molar-refractivity contribution >= 4 is 28.2 Å². The number of piperidine rings is 1. The van der Waals surface area contributed by atoms with Gasteiger partial charge in [-0.25, -0.2) is 4.98 Å². The number of hydrogen-bond donors (Lipinski definition) is 1. The summed E-state index contributed by atoms with van der Waals surface area (Å²) in [6.45, 7) is 2.34. The van der Waals surface area contributed by atoms with Gasteiger partial charge >= 0.3 is 0 Å². The molecular weight excluding hydrogens is 352 g/mol. The second-order valence-corrected chi connectivity index (χ2v) is 7.12. The van der Waals surface area contributed by atoms with E-state index in [1.807, 2.05) is 36.4 Å². The lowest BCUT2D eigenvalue weighted by Crippen LogP contribution is -2.30. The summed E-state index contributed by atoms with van der Waals surface area (Å²) in [5.41, 5.74) is 2.45. The minimum absolute atomic E-state index is 0.107. The molecule has 2 aromatic carbocycles. The molecule has 0 bridgehead atoms. The molecule has 0 aliphatic carbocycles. The predicted octanol–water partition coefficient (Wildman–Crippen LogP) is 3.42. The molecule has 0 saturated carbocycles. The van der Waals surface area contributed by atoms with Gasteiger partial charge in [-0.15, -0.1) is 0 Å². The standard InChI is InChI=1S/C22H24N4O2/c27-21(12-15-26-16-23-18-9-3-2-8-17(18)22(26)28)24-19-10-4-5-11-20(19)25-13-6-1-7-14-25/h2-5,8-11,16H,1,6-7,12-15H2,(H,24,27). The number of aryl methyl sites for hydroxylation is 1. The molecule has 6 heteroatoms. The predicted molar refractivity (Wildman–Crippen MR) is 112 cm³/mol. The first-order chi connectivity index (χ1) is 13.7. The van der Waals surface area contributed by atoms with E-state index in [-0.39, 0.29) is 17.9 Å². The Morgan fingerprint density at radius 3 is 2.61 bits per heavy atom. The summed E-state index contributed by atoms with van der Waals surface area (Å²) in [6.07, 6.45) is 5.35. The quantitative estimate of drug-likeness (QED) is 0.741. The van der Waals surface area contributed by atoms with Crippen LogP contribution in [-0.2, 0) is 11.3 Å². The Balaban J connectivity index is 1.44. The molecule has 1 amide bonds. The molecule has 1 saturated heterocycles. The molecule has 28 heavy (non-hydrogen) atoms. The number of amides is 1. The van der Waals surface area contributed by atoms with Gasteiger partial charge in [-0.05, 0) is 43.5 Å². The molecule has 0 radical (unpaired) electrons. The molecule has 3 aromatic rings. The van der Waals surface area contributed by atoms with Gasteiger partial charge in [-0.2, -0.15) is 0 Å². The van der Waals surface area contributed by atoms with E-state index in [4.69, 9.17) is 0 Å². The van der Waals surface area contributed by atoms with Crippen molar-refractivity contribution in [2.75, 3.05) is 23.3 Å². The maximum Gasteiger partial charge on any atom is 0.261 e. The van der Waals surface area contributed by atoms with Crippen molar-refractivity contribution < 1.29 is 4.79 Å². The molecule has 1 aromatic heterocycles. The fraction of sp³-hybridized carbons (Fsp3) is 0.318. The fourth-order valence-electron chi connectivity index (χ4n) is 3.69. The highest BCUT2D eigenvalue weighted by molar-refractivity contribution is 5.94. The third-order valence-electron chi connectivity index (χ3n) is 5.19. The summed E-state index contributed by atoms with van der Waals surface area (Å²) < 4.78 is 1.50. The number of hydrogen-bond acceptors (Lipinski definition) is 4. The number of fused-ring (bicyclic) bond motifs is 1. The molecule has 2 heterocycles. The monoisotopic (exact) mass is 376 g/mol. The maximum atomic E-state index is 12.5. The number of para-hydroxylation sites is 3. The van der Waals surface area contributed by atoms with E-state index in [0.717, 1.165) is 24.5 Å². The van der Waals surface area contributed by atoms with E-state index >= 15 is 0 Å². The highest BCUT2D eigenvalue weighted by Crippen LogP contribution is 2.28.